The molecule has 2 heterocycles. The van der Waals surface area contributed by atoms with Gasteiger partial charge in [0, 0.05) is 54.9 Å². The number of H-pyrrole nitrogens is 1. The number of nitrogens with one attached hydrogen (secondary N) is 1. The van der Waals surface area contributed by atoms with Crippen molar-refractivity contribution in [1.82, 2.24) is 14.8 Å². The molecule has 1 amide bonds. The summed E-state index contributed by atoms with van der Waals surface area (Å²) in [5.74, 6) is 0.797. The molecule has 3 aromatic rings. The molecule has 5 nitrogen and oxygen atoms in total. The van der Waals surface area contributed by atoms with E-state index in [1.807, 2.05) is 29.2 Å². The number of fused-ring (bicyclic) bond motifs is 1. The standard InChI is InChI=1S/C22H25N3O2/c1-16-20(19-8-3-4-9-21(19)23-16)15-24-10-12-25(13-11-24)22(26)17-6-5-7-18(14-17)27-2/h3-9,14,23H,10-13,15H2,1-2H3. The Labute approximate surface area is 159 Å². The number of hydrogen-bond acceptors (Lipinski definition) is 3. The Hall–Kier alpha value is -2.79. The fourth-order valence-corrected chi connectivity index (χ4v) is 3.81. The molecule has 27 heavy (non-hydrogen) atoms. The van der Waals surface area contributed by atoms with Gasteiger partial charge in [-0.25, -0.2) is 0 Å². The van der Waals surface area contributed by atoms with E-state index in [4.69, 9.17) is 4.74 Å². The fraction of sp³-hybridized carbons (Fsp3) is 0.318. The minimum atomic E-state index is 0.0804. The molecule has 0 atom stereocenters. The number of benzene rings is 2. The van der Waals surface area contributed by atoms with E-state index >= 15 is 0 Å². The zero-order valence-corrected chi connectivity index (χ0v) is 15.9. The van der Waals surface area contributed by atoms with Gasteiger partial charge in [-0.3, -0.25) is 9.69 Å². The summed E-state index contributed by atoms with van der Waals surface area (Å²) in [6.07, 6.45) is 0. The van der Waals surface area contributed by atoms with Crippen molar-refractivity contribution in [3.63, 3.8) is 0 Å². The van der Waals surface area contributed by atoms with Crippen LogP contribution in [0.2, 0.25) is 0 Å². The molecule has 0 unspecified atom stereocenters. The van der Waals surface area contributed by atoms with Gasteiger partial charge in [-0.1, -0.05) is 24.3 Å². The number of amides is 1. The summed E-state index contributed by atoms with van der Waals surface area (Å²) in [4.78, 5) is 20.6. The number of para-hydroxylation sites is 1. The van der Waals surface area contributed by atoms with E-state index in [0.717, 1.165) is 32.7 Å². The van der Waals surface area contributed by atoms with Crippen LogP contribution in [0.3, 0.4) is 0 Å². The lowest BCUT2D eigenvalue weighted by atomic mass is 10.1. The number of aromatic nitrogens is 1. The third-order valence-electron chi connectivity index (χ3n) is 5.38. The van der Waals surface area contributed by atoms with Crippen LogP contribution >= 0.6 is 0 Å². The van der Waals surface area contributed by atoms with Gasteiger partial charge in [0.25, 0.3) is 5.91 Å². The molecule has 5 heteroatoms. The summed E-state index contributed by atoms with van der Waals surface area (Å²) in [7, 11) is 1.62. The van der Waals surface area contributed by atoms with Gasteiger partial charge in [-0.05, 0) is 36.8 Å². The van der Waals surface area contributed by atoms with Crippen molar-refractivity contribution in [2.45, 2.75) is 13.5 Å². The molecule has 2 aromatic carbocycles. The Balaban J connectivity index is 1.41. The highest BCUT2D eigenvalue weighted by atomic mass is 16.5. The number of hydrogen-bond donors (Lipinski definition) is 1. The molecule has 0 radical (unpaired) electrons. The Bertz CT molecular complexity index is 955. The van der Waals surface area contributed by atoms with Gasteiger partial charge in [0.1, 0.15) is 5.75 Å². The number of methoxy groups -OCH3 is 1. The summed E-state index contributed by atoms with van der Waals surface area (Å²) in [6.45, 7) is 6.31. The van der Waals surface area contributed by atoms with E-state index in [2.05, 4.69) is 41.1 Å². The monoisotopic (exact) mass is 363 g/mol. The molecule has 0 bridgehead atoms. The van der Waals surface area contributed by atoms with Crippen molar-refractivity contribution in [3.8, 4) is 5.75 Å². The third-order valence-corrected chi connectivity index (χ3v) is 5.38. The topological polar surface area (TPSA) is 48.6 Å². The molecule has 1 aliphatic rings. The summed E-state index contributed by atoms with van der Waals surface area (Å²) < 4.78 is 5.23. The second-order valence-electron chi connectivity index (χ2n) is 7.07. The Kier molecular flexibility index (Phi) is 4.86. The van der Waals surface area contributed by atoms with E-state index in [1.54, 1.807) is 7.11 Å². The van der Waals surface area contributed by atoms with Crippen LogP contribution in [0, 0.1) is 6.92 Å². The van der Waals surface area contributed by atoms with E-state index in [1.165, 1.54) is 22.2 Å². The normalized spacial score (nSPS) is 15.3. The van der Waals surface area contributed by atoms with Gasteiger partial charge in [0.05, 0.1) is 7.11 Å². The van der Waals surface area contributed by atoms with Crippen molar-refractivity contribution in [1.29, 1.82) is 0 Å². The summed E-state index contributed by atoms with van der Waals surface area (Å²) in [6, 6.07) is 15.8. The van der Waals surface area contributed by atoms with Crippen LogP contribution in [-0.4, -0.2) is 54.0 Å². The number of aryl methyl sites for hydroxylation is 1. The van der Waals surface area contributed by atoms with Crippen LogP contribution in [0.5, 0.6) is 5.75 Å². The first-order chi connectivity index (χ1) is 13.2. The Morgan fingerprint density at radius 1 is 1.07 bits per heavy atom. The molecule has 1 aliphatic heterocycles. The predicted molar refractivity (Wildman–Crippen MR) is 107 cm³/mol. The molecule has 1 fully saturated rings. The number of carbonyl (C=O) groups excluding carboxylic acids is 1. The average molecular weight is 363 g/mol. The largest absolute Gasteiger partial charge is 0.497 e. The van der Waals surface area contributed by atoms with E-state index in [9.17, 15) is 4.79 Å². The molecule has 140 valence electrons. The molecular weight excluding hydrogens is 338 g/mol. The highest BCUT2D eigenvalue weighted by Gasteiger charge is 2.23. The molecular formula is C22H25N3O2. The minimum Gasteiger partial charge on any atom is -0.497 e. The van der Waals surface area contributed by atoms with Crippen LogP contribution < -0.4 is 4.74 Å². The number of carbonyl (C=O) groups is 1. The van der Waals surface area contributed by atoms with Crippen LogP contribution in [0.25, 0.3) is 10.9 Å². The van der Waals surface area contributed by atoms with Gasteiger partial charge in [-0.15, -0.1) is 0 Å². The number of ether oxygens (including phenoxy) is 1. The SMILES string of the molecule is COc1cccc(C(=O)N2CCN(Cc3c(C)[nH]c4ccccc34)CC2)c1. The number of nitrogens with zero attached hydrogens (tertiary/aromatic N) is 2. The number of aromatic amines is 1. The Morgan fingerprint density at radius 3 is 2.63 bits per heavy atom. The fourth-order valence-electron chi connectivity index (χ4n) is 3.81. The predicted octanol–water partition coefficient (Wildman–Crippen LogP) is 3.44. The maximum atomic E-state index is 12.8. The molecule has 1 N–H and O–H groups in total. The third kappa shape index (κ3) is 3.55. The van der Waals surface area contributed by atoms with Crippen LogP contribution in [0.1, 0.15) is 21.6 Å². The van der Waals surface area contributed by atoms with Crippen LogP contribution in [0.4, 0.5) is 0 Å². The van der Waals surface area contributed by atoms with Gasteiger partial charge in [0.2, 0.25) is 0 Å². The lowest BCUT2D eigenvalue weighted by molar-refractivity contribution is 0.0628. The molecule has 0 spiro atoms. The van der Waals surface area contributed by atoms with Crippen molar-refractivity contribution in [3.05, 3.63) is 65.4 Å². The van der Waals surface area contributed by atoms with Crippen LogP contribution in [-0.2, 0) is 6.54 Å². The first-order valence-corrected chi connectivity index (χ1v) is 9.37. The zero-order chi connectivity index (χ0) is 18.8. The van der Waals surface area contributed by atoms with Gasteiger partial charge < -0.3 is 14.6 Å². The molecule has 0 aliphatic carbocycles. The van der Waals surface area contributed by atoms with Gasteiger partial charge >= 0.3 is 0 Å². The number of piperazine rings is 1. The molecule has 4 rings (SSSR count). The van der Waals surface area contributed by atoms with E-state index in [-0.39, 0.29) is 5.91 Å². The maximum absolute atomic E-state index is 12.8. The van der Waals surface area contributed by atoms with Crippen molar-refractivity contribution < 1.29 is 9.53 Å². The summed E-state index contributed by atoms with van der Waals surface area (Å²) in [5, 5.41) is 1.30. The minimum absolute atomic E-state index is 0.0804. The lowest BCUT2D eigenvalue weighted by Crippen LogP contribution is -2.48. The lowest BCUT2D eigenvalue weighted by Gasteiger charge is -2.35. The second-order valence-corrected chi connectivity index (χ2v) is 7.07. The highest BCUT2D eigenvalue weighted by Crippen LogP contribution is 2.24. The quantitative estimate of drug-likeness (QED) is 0.772. The van der Waals surface area contributed by atoms with Crippen molar-refractivity contribution >= 4 is 16.8 Å². The maximum Gasteiger partial charge on any atom is 0.254 e. The first-order valence-electron chi connectivity index (χ1n) is 9.37. The molecule has 1 aromatic heterocycles. The zero-order valence-electron chi connectivity index (χ0n) is 15.9. The Morgan fingerprint density at radius 2 is 1.85 bits per heavy atom. The second kappa shape index (κ2) is 7.45. The molecule has 0 saturated carbocycles. The molecule has 1 saturated heterocycles. The first kappa shape index (κ1) is 17.6. The van der Waals surface area contributed by atoms with Crippen LogP contribution in [0.15, 0.2) is 48.5 Å². The smallest absolute Gasteiger partial charge is 0.254 e. The van der Waals surface area contributed by atoms with Gasteiger partial charge in [-0.2, -0.15) is 0 Å². The highest BCUT2D eigenvalue weighted by molar-refractivity contribution is 5.94. The van der Waals surface area contributed by atoms with E-state index in [0.29, 0.717) is 11.3 Å². The summed E-state index contributed by atoms with van der Waals surface area (Å²) >= 11 is 0. The number of rotatable bonds is 4. The average Bonchev–Trinajstić information content (AvgIpc) is 3.03. The summed E-state index contributed by atoms with van der Waals surface area (Å²) in [5.41, 5.74) is 4.47. The van der Waals surface area contributed by atoms with Crippen molar-refractivity contribution in [2.75, 3.05) is 33.3 Å². The van der Waals surface area contributed by atoms with E-state index < -0.39 is 0 Å². The van der Waals surface area contributed by atoms with Crippen molar-refractivity contribution in [2.24, 2.45) is 0 Å². The van der Waals surface area contributed by atoms with Gasteiger partial charge in [0.15, 0.2) is 0 Å².